The molecule has 0 aromatic heterocycles. The molecule has 3 rings (SSSR count). The summed E-state index contributed by atoms with van der Waals surface area (Å²) in [5.74, 6) is -0.385. The lowest BCUT2D eigenvalue weighted by Crippen LogP contribution is -2.54. The molecule has 0 radical (unpaired) electrons. The smallest absolute Gasteiger partial charge is 0.243 e. The van der Waals surface area contributed by atoms with Gasteiger partial charge < -0.3 is 26.8 Å². The fraction of sp³-hybridized carbons (Fsp3) is 0.370. The van der Waals surface area contributed by atoms with Gasteiger partial charge in [0, 0.05) is 56.5 Å². The molecule has 1 fully saturated rings. The number of nitrogens with two attached hydrogens (primary N) is 2. The van der Waals surface area contributed by atoms with Crippen LogP contribution in [0.25, 0.3) is 0 Å². The number of ether oxygens (including phenoxy) is 1. The summed E-state index contributed by atoms with van der Waals surface area (Å²) in [7, 11) is -3.65. The number of sulfonamides is 1. The van der Waals surface area contributed by atoms with Crippen LogP contribution in [0.5, 0.6) is 5.75 Å². The van der Waals surface area contributed by atoms with Crippen LogP contribution in [0.15, 0.2) is 71.4 Å². The highest BCUT2D eigenvalue weighted by Gasteiger charge is 2.31. The third-order valence-corrected chi connectivity index (χ3v) is 8.03. The highest BCUT2D eigenvalue weighted by molar-refractivity contribution is 7.89. The summed E-state index contributed by atoms with van der Waals surface area (Å²) in [6.45, 7) is 4.47. The largest absolute Gasteiger partial charge is 0.489 e. The Labute approximate surface area is 223 Å². The monoisotopic (exact) mass is 545 g/mol. The maximum Gasteiger partial charge on any atom is 0.243 e. The molecule has 0 bridgehead atoms. The van der Waals surface area contributed by atoms with Gasteiger partial charge in [0.05, 0.1) is 4.90 Å². The molecule has 0 saturated carbocycles. The van der Waals surface area contributed by atoms with Crippen LogP contribution in [0.4, 0.5) is 4.39 Å². The van der Waals surface area contributed by atoms with Gasteiger partial charge in [-0.1, -0.05) is 12.1 Å². The van der Waals surface area contributed by atoms with Crippen LogP contribution in [0.2, 0.25) is 0 Å². The average Bonchev–Trinajstić information content (AvgIpc) is 2.86. The summed E-state index contributed by atoms with van der Waals surface area (Å²) in [4.78, 5) is 12.2. The molecular formula is C27H36FN5O4S. The van der Waals surface area contributed by atoms with Crippen molar-refractivity contribution in [2.45, 2.75) is 43.7 Å². The average molecular weight is 546 g/mol. The van der Waals surface area contributed by atoms with Crippen LogP contribution in [-0.4, -0.2) is 57.0 Å². The maximum atomic E-state index is 14.4. The summed E-state index contributed by atoms with van der Waals surface area (Å²) in [6, 6.07) is 10.7. The van der Waals surface area contributed by atoms with Gasteiger partial charge in [-0.15, -0.1) is 0 Å². The van der Waals surface area contributed by atoms with Crippen molar-refractivity contribution in [2.24, 2.45) is 11.5 Å². The van der Waals surface area contributed by atoms with Crippen molar-refractivity contribution < 1.29 is 22.3 Å². The molecule has 1 aliphatic heterocycles. The highest BCUT2D eigenvalue weighted by Crippen LogP contribution is 2.22. The number of hydrogen-bond donors (Lipinski definition) is 4. The molecule has 2 aromatic rings. The van der Waals surface area contributed by atoms with Crippen LogP contribution in [-0.2, 0) is 21.2 Å². The summed E-state index contributed by atoms with van der Waals surface area (Å²) in [5.41, 5.74) is 13.1. The molecule has 1 aliphatic rings. The van der Waals surface area contributed by atoms with Crippen molar-refractivity contribution in [3.8, 4) is 5.75 Å². The zero-order valence-corrected chi connectivity index (χ0v) is 22.5. The van der Waals surface area contributed by atoms with Crippen LogP contribution in [0, 0.1) is 12.7 Å². The Morgan fingerprint density at radius 2 is 2.08 bits per heavy atom. The number of carbonyl (C=O) groups is 1. The van der Waals surface area contributed by atoms with Gasteiger partial charge in [0.1, 0.15) is 18.2 Å². The number of halogens is 1. The zero-order valence-electron chi connectivity index (χ0n) is 21.7. The topological polar surface area (TPSA) is 140 Å². The highest BCUT2D eigenvalue weighted by atomic mass is 32.2. The molecule has 9 nitrogen and oxygen atoms in total. The van der Waals surface area contributed by atoms with Gasteiger partial charge in [0.25, 0.3) is 0 Å². The van der Waals surface area contributed by atoms with Crippen molar-refractivity contribution >= 4 is 15.9 Å². The Balaban J connectivity index is 1.72. The fourth-order valence-electron chi connectivity index (χ4n) is 4.47. The first-order chi connectivity index (χ1) is 18.1. The van der Waals surface area contributed by atoms with E-state index in [4.69, 9.17) is 16.2 Å². The van der Waals surface area contributed by atoms with Gasteiger partial charge in [0.15, 0.2) is 0 Å². The lowest BCUT2D eigenvalue weighted by molar-refractivity contribution is -0.119. The van der Waals surface area contributed by atoms with E-state index in [0.717, 1.165) is 5.56 Å². The van der Waals surface area contributed by atoms with Crippen LogP contribution >= 0.6 is 0 Å². The summed E-state index contributed by atoms with van der Waals surface area (Å²) in [5, 5.41) is 6.28. The number of piperazine rings is 1. The molecule has 0 spiro atoms. The van der Waals surface area contributed by atoms with Gasteiger partial charge in [-0.05, 0) is 67.4 Å². The molecule has 1 heterocycles. The normalized spacial score (nSPS) is 17.9. The first-order valence-electron chi connectivity index (χ1n) is 12.4. The number of carbonyl (C=O) groups excluding carboxylic acids is 1. The van der Waals surface area contributed by atoms with Gasteiger partial charge in [0.2, 0.25) is 15.9 Å². The van der Waals surface area contributed by atoms with Gasteiger partial charge in [-0.3, -0.25) is 4.79 Å². The van der Waals surface area contributed by atoms with E-state index in [1.165, 1.54) is 35.8 Å². The van der Waals surface area contributed by atoms with E-state index in [1.54, 1.807) is 30.3 Å². The molecular weight excluding hydrogens is 509 g/mol. The molecule has 1 amide bonds. The first kappa shape index (κ1) is 29.2. The summed E-state index contributed by atoms with van der Waals surface area (Å²) >= 11 is 0. The molecule has 1 saturated heterocycles. The molecule has 11 heteroatoms. The molecule has 0 aliphatic carbocycles. The first-order valence-corrected chi connectivity index (χ1v) is 13.8. The Morgan fingerprint density at radius 3 is 2.76 bits per heavy atom. The summed E-state index contributed by atoms with van der Waals surface area (Å²) in [6.07, 6.45) is 5.07. The van der Waals surface area contributed by atoms with Crippen molar-refractivity contribution in [2.75, 3.05) is 26.2 Å². The predicted octanol–water partition coefficient (Wildman–Crippen LogP) is 1.93. The number of amides is 1. The maximum absolute atomic E-state index is 14.4. The Hall–Kier alpha value is -3.41. The minimum Gasteiger partial charge on any atom is -0.489 e. The van der Waals surface area contributed by atoms with Crippen LogP contribution < -0.4 is 26.8 Å². The number of rotatable bonds is 11. The van der Waals surface area contributed by atoms with E-state index >= 15 is 0 Å². The Morgan fingerprint density at radius 1 is 1.29 bits per heavy atom. The van der Waals surface area contributed by atoms with Crippen molar-refractivity contribution in [1.82, 2.24) is 14.9 Å². The second-order valence-electron chi connectivity index (χ2n) is 9.35. The standard InChI is InChI=1S/C27H36FN5O4S/c1-19-4-3-5-27(10-19)38(35,36)33-9-8-31-25(17-33)15-24(32-20(2)34)12-22-11-23(28)14-26(13-22)37-18-21(16-30)6-7-29/h3-7,10-11,13-14,16,24-25,31H,8-9,12,15,17-18,29-30H2,1-2H3,(H,32,34). The van der Waals surface area contributed by atoms with Crippen molar-refractivity contribution in [1.29, 1.82) is 0 Å². The molecule has 206 valence electrons. The number of benzene rings is 2. The van der Waals surface area contributed by atoms with E-state index < -0.39 is 15.8 Å². The minimum atomic E-state index is -3.65. The van der Waals surface area contributed by atoms with Crippen LogP contribution in [0.1, 0.15) is 24.5 Å². The van der Waals surface area contributed by atoms with E-state index in [2.05, 4.69) is 10.6 Å². The Bertz CT molecular complexity index is 1280. The molecule has 2 atom stereocenters. The fourth-order valence-corrected chi connectivity index (χ4v) is 6.06. The molecule has 6 N–H and O–H groups in total. The quantitative estimate of drug-likeness (QED) is 0.316. The predicted molar refractivity (Wildman–Crippen MR) is 145 cm³/mol. The third-order valence-electron chi connectivity index (χ3n) is 6.17. The number of aryl methyl sites for hydroxylation is 1. The van der Waals surface area contributed by atoms with Gasteiger partial charge in [-0.2, -0.15) is 4.31 Å². The minimum absolute atomic E-state index is 0.111. The molecule has 2 unspecified atom stereocenters. The Kier molecular flexibility index (Phi) is 10.3. The molecule has 38 heavy (non-hydrogen) atoms. The lowest BCUT2D eigenvalue weighted by Gasteiger charge is -2.35. The van der Waals surface area contributed by atoms with Crippen molar-refractivity contribution in [3.63, 3.8) is 0 Å². The lowest BCUT2D eigenvalue weighted by atomic mass is 9.98. The zero-order chi connectivity index (χ0) is 27.7. The van der Waals surface area contributed by atoms with E-state index in [0.29, 0.717) is 42.8 Å². The number of nitrogens with zero attached hydrogens (tertiary/aromatic N) is 1. The number of hydrogen-bond acceptors (Lipinski definition) is 7. The molecule has 2 aromatic carbocycles. The second kappa shape index (κ2) is 13.4. The van der Waals surface area contributed by atoms with Crippen LogP contribution in [0.3, 0.4) is 0 Å². The SMILES string of the molecule is CC(=O)NC(Cc1cc(F)cc(OCC(C=CN)=CN)c1)CC1CN(S(=O)(=O)c2cccc(C)c2)CCN1. The third kappa shape index (κ3) is 8.30. The number of nitrogens with one attached hydrogen (secondary N) is 2. The second-order valence-corrected chi connectivity index (χ2v) is 11.3. The van der Waals surface area contributed by atoms with E-state index in [1.807, 2.05) is 13.0 Å². The van der Waals surface area contributed by atoms with Gasteiger partial charge >= 0.3 is 0 Å². The van der Waals surface area contributed by atoms with E-state index in [9.17, 15) is 17.6 Å². The van der Waals surface area contributed by atoms with E-state index in [-0.39, 0.29) is 36.0 Å². The van der Waals surface area contributed by atoms with Gasteiger partial charge in [-0.25, -0.2) is 12.8 Å². The summed E-state index contributed by atoms with van der Waals surface area (Å²) < 4.78 is 48.0. The van der Waals surface area contributed by atoms with Crippen molar-refractivity contribution in [3.05, 3.63) is 83.5 Å².